The van der Waals surface area contributed by atoms with Crippen LogP contribution < -0.4 is 14.8 Å². The number of piperazine rings is 1. The lowest BCUT2D eigenvalue weighted by Crippen LogP contribution is -2.50. The van der Waals surface area contributed by atoms with Gasteiger partial charge in [0.15, 0.2) is 0 Å². The fourth-order valence-electron chi connectivity index (χ4n) is 2.88. The van der Waals surface area contributed by atoms with Crippen molar-refractivity contribution < 1.29 is 19.0 Å². The van der Waals surface area contributed by atoms with Gasteiger partial charge in [-0.25, -0.2) is 0 Å². The Balaban J connectivity index is 0.00000338. The van der Waals surface area contributed by atoms with Crippen LogP contribution in [0.15, 0.2) is 18.2 Å². The van der Waals surface area contributed by atoms with E-state index in [4.69, 9.17) is 14.2 Å². The maximum absolute atomic E-state index is 12.2. The molecule has 0 saturated carbocycles. The van der Waals surface area contributed by atoms with Crippen molar-refractivity contribution in [3.8, 4) is 11.5 Å². The van der Waals surface area contributed by atoms with Crippen molar-refractivity contribution in [1.82, 2.24) is 15.1 Å². The fourth-order valence-corrected chi connectivity index (χ4v) is 2.88. The SMILES string of the molecule is COCCNCC(=O)N1CCN(Cc2cc(OC)ccc2OC)CC1.Cl.Cl. The van der Waals surface area contributed by atoms with E-state index in [0.29, 0.717) is 19.7 Å². The van der Waals surface area contributed by atoms with Crippen LogP contribution in [0.2, 0.25) is 0 Å². The van der Waals surface area contributed by atoms with Gasteiger partial charge in [-0.2, -0.15) is 0 Å². The number of halogens is 2. The van der Waals surface area contributed by atoms with Crippen molar-refractivity contribution in [2.75, 3.05) is 67.2 Å². The van der Waals surface area contributed by atoms with E-state index < -0.39 is 0 Å². The second kappa shape index (κ2) is 13.8. The van der Waals surface area contributed by atoms with Gasteiger partial charge < -0.3 is 24.4 Å². The van der Waals surface area contributed by atoms with Gasteiger partial charge >= 0.3 is 0 Å². The summed E-state index contributed by atoms with van der Waals surface area (Å²) >= 11 is 0. The normalized spacial score (nSPS) is 14.1. The van der Waals surface area contributed by atoms with E-state index in [-0.39, 0.29) is 30.7 Å². The zero-order valence-corrected chi connectivity index (χ0v) is 17.9. The first-order chi connectivity index (χ1) is 12.2. The van der Waals surface area contributed by atoms with Gasteiger partial charge in [-0.15, -0.1) is 24.8 Å². The second-order valence-electron chi connectivity index (χ2n) is 6.00. The molecule has 1 N–H and O–H groups in total. The largest absolute Gasteiger partial charge is 0.497 e. The second-order valence-corrected chi connectivity index (χ2v) is 6.00. The lowest BCUT2D eigenvalue weighted by atomic mass is 10.1. The van der Waals surface area contributed by atoms with E-state index in [1.807, 2.05) is 23.1 Å². The third-order valence-corrected chi connectivity index (χ3v) is 4.37. The van der Waals surface area contributed by atoms with Crippen molar-refractivity contribution >= 4 is 30.7 Å². The summed E-state index contributed by atoms with van der Waals surface area (Å²) in [6, 6.07) is 5.84. The molecule has 1 heterocycles. The number of hydrogen-bond donors (Lipinski definition) is 1. The van der Waals surface area contributed by atoms with Crippen molar-refractivity contribution in [2.45, 2.75) is 6.54 Å². The highest BCUT2D eigenvalue weighted by Gasteiger charge is 2.21. The number of benzene rings is 1. The number of carbonyl (C=O) groups excluding carboxylic acids is 1. The highest BCUT2D eigenvalue weighted by Crippen LogP contribution is 2.25. The molecule has 0 radical (unpaired) electrons. The zero-order valence-electron chi connectivity index (χ0n) is 16.2. The van der Waals surface area contributed by atoms with Gasteiger partial charge in [0.1, 0.15) is 11.5 Å². The molecule has 1 aliphatic heterocycles. The quantitative estimate of drug-likeness (QED) is 0.606. The lowest BCUT2D eigenvalue weighted by Gasteiger charge is -2.35. The first-order valence-corrected chi connectivity index (χ1v) is 8.58. The molecule has 0 spiro atoms. The molecule has 1 fully saturated rings. The van der Waals surface area contributed by atoms with E-state index in [9.17, 15) is 4.79 Å². The zero-order chi connectivity index (χ0) is 18.1. The molecule has 7 nitrogen and oxygen atoms in total. The Kier molecular flexibility index (Phi) is 13.2. The average Bonchev–Trinajstić information content (AvgIpc) is 2.65. The predicted molar refractivity (Wildman–Crippen MR) is 111 cm³/mol. The number of amides is 1. The number of rotatable bonds is 9. The van der Waals surface area contributed by atoms with Crippen LogP contribution in [0.1, 0.15) is 5.56 Å². The lowest BCUT2D eigenvalue weighted by molar-refractivity contribution is -0.132. The van der Waals surface area contributed by atoms with Crippen LogP contribution in [0, 0.1) is 0 Å². The molecular weight excluding hydrogens is 393 g/mol. The summed E-state index contributed by atoms with van der Waals surface area (Å²) in [6.45, 7) is 5.66. The topological polar surface area (TPSA) is 63.3 Å². The van der Waals surface area contributed by atoms with Crippen LogP contribution in [0.3, 0.4) is 0 Å². The molecule has 0 aromatic heterocycles. The summed E-state index contributed by atoms with van der Waals surface area (Å²) in [5.41, 5.74) is 1.10. The fraction of sp³-hybridized carbons (Fsp3) is 0.611. The average molecular weight is 424 g/mol. The van der Waals surface area contributed by atoms with Gasteiger partial charge in [-0.1, -0.05) is 0 Å². The molecule has 0 unspecified atom stereocenters. The van der Waals surface area contributed by atoms with Gasteiger partial charge in [0, 0.05) is 51.9 Å². The summed E-state index contributed by atoms with van der Waals surface area (Å²) in [7, 11) is 5.00. The van der Waals surface area contributed by atoms with Crippen LogP contribution in [0.4, 0.5) is 0 Å². The van der Waals surface area contributed by atoms with Gasteiger partial charge in [0.2, 0.25) is 5.91 Å². The predicted octanol–water partition coefficient (Wildman–Crippen LogP) is 1.43. The summed E-state index contributed by atoms with van der Waals surface area (Å²) in [4.78, 5) is 16.4. The minimum Gasteiger partial charge on any atom is -0.497 e. The Morgan fingerprint density at radius 3 is 2.37 bits per heavy atom. The van der Waals surface area contributed by atoms with Gasteiger partial charge in [-0.05, 0) is 18.2 Å². The van der Waals surface area contributed by atoms with Crippen LogP contribution >= 0.6 is 24.8 Å². The molecule has 27 heavy (non-hydrogen) atoms. The Bertz CT molecular complexity index is 555. The van der Waals surface area contributed by atoms with Crippen molar-refractivity contribution in [3.63, 3.8) is 0 Å². The van der Waals surface area contributed by atoms with Gasteiger partial charge in [-0.3, -0.25) is 9.69 Å². The minimum atomic E-state index is 0. The third kappa shape index (κ3) is 8.11. The van der Waals surface area contributed by atoms with E-state index in [1.54, 1.807) is 21.3 Å². The van der Waals surface area contributed by atoms with E-state index >= 15 is 0 Å². The Morgan fingerprint density at radius 2 is 1.78 bits per heavy atom. The summed E-state index contributed by atoms with van der Waals surface area (Å²) < 4.78 is 15.7. The first kappa shape index (κ1) is 25.8. The van der Waals surface area contributed by atoms with Crippen LogP contribution in [0.25, 0.3) is 0 Å². The number of ether oxygens (including phenoxy) is 3. The number of nitrogens with zero attached hydrogens (tertiary/aromatic N) is 2. The Morgan fingerprint density at radius 1 is 1.07 bits per heavy atom. The van der Waals surface area contributed by atoms with E-state index in [0.717, 1.165) is 49.8 Å². The number of nitrogens with one attached hydrogen (secondary N) is 1. The van der Waals surface area contributed by atoms with Gasteiger partial charge in [0.05, 0.1) is 27.4 Å². The molecule has 1 aliphatic rings. The molecule has 1 amide bonds. The summed E-state index contributed by atoms with van der Waals surface area (Å²) in [6.07, 6.45) is 0. The van der Waals surface area contributed by atoms with E-state index in [1.165, 1.54) is 0 Å². The highest BCUT2D eigenvalue weighted by molar-refractivity contribution is 5.85. The van der Waals surface area contributed by atoms with Crippen LogP contribution in [0.5, 0.6) is 11.5 Å². The molecule has 1 aromatic carbocycles. The highest BCUT2D eigenvalue weighted by atomic mass is 35.5. The molecule has 156 valence electrons. The van der Waals surface area contributed by atoms with Gasteiger partial charge in [0.25, 0.3) is 0 Å². The Labute approximate surface area is 174 Å². The first-order valence-electron chi connectivity index (χ1n) is 8.58. The molecule has 0 aliphatic carbocycles. The molecule has 1 saturated heterocycles. The molecule has 1 aromatic rings. The third-order valence-electron chi connectivity index (χ3n) is 4.37. The van der Waals surface area contributed by atoms with Crippen molar-refractivity contribution in [2.24, 2.45) is 0 Å². The summed E-state index contributed by atoms with van der Waals surface area (Å²) in [5, 5.41) is 3.10. The number of methoxy groups -OCH3 is 3. The van der Waals surface area contributed by atoms with E-state index in [2.05, 4.69) is 10.2 Å². The summed E-state index contributed by atoms with van der Waals surface area (Å²) in [5.74, 6) is 1.84. The molecule has 9 heteroatoms. The van der Waals surface area contributed by atoms with Crippen molar-refractivity contribution in [3.05, 3.63) is 23.8 Å². The standard InChI is InChI=1S/C18H29N3O4.2ClH/c1-23-11-6-19-13-18(22)21-9-7-20(8-10-21)14-15-12-16(24-2)4-5-17(15)25-3;;/h4-5,12,19H,6-11,13-14H2,1-3H3;2*1H. The smallest absolute Gasteiger partial charge is 0.236 e. The maximum Gasteiger partial charge on any atom is 0.236 e. The minimum absolute atomic E-state index is 0. The van der Waals surface area contributed by atoms with Crippen molar-refractivity contribution in [1.29, 1.82) is 0 Å². The molecule has 0 bridgehead atoms. The Hall–Kier alpha value is -1.25. The number of hydrogen-bond acceptors (Lipinski definition) is 6. The molecule has 2 rings (SSSR count). The van der Waals surface area contributed by atoms with Crippen LogP contribution in [-0.4, -0.2) is 82.9 Å². The molecule has 0 atom stereocenters. The number of carbonyl (C=O) groups is 1. The monoisotopic (exact) mass is 423 g/mol. The molecular formula is C18H31Cl2N3O4. The van der Waals surface area contributed by atoms with Crippen LogP contribution in [-0.2, 0) is 16.1 Å². The maximum atomic E-state index is 12.2.